The first-order valence-corrected chi connectivity index (χ1v) is 10.2. The van der Waals surface area contributed by atoms with Gasteiger partial charge in [-0.2, -0.15) is 0 Å². The van der Waals surface area contributed by atoms with E-state index in [-0.39, 0.29) is 12.4 Å². The quantitative estimate of drug-likeness (QED) is 0.492. The molecule has 0 aromatic heterocycles. The highest BCUT2D eigenvalue weighted by molar-refractivity contribution is 4.55. The zero-order valence-electron chi connectivity index (χ0n) is 15.5. The van der Waals surface area contributed by atoms with Crippen LogP contribution < -0.4 is 17.3 Å². The van der Waals surface area contributed by atoms with Crippen LogP contribution in [0.5, 0.6) is 0 Å². The summed E-state index contributed by atoms with van der Waals surface area (Å²) in [6, 6.07) is 0. The molecular formula is C20H42ClN. The lowest BCUT2D eigenvalue weighted by atomic mass is 10.00. The second-order valence-corrected chi connectivity index (χ2v) is 7.59. The van der Waals surface area contributed by atoms with Crippen LogP contribution >= 0.6 is 0 Å². The molecule has 0 aliphatic carbocycles. The summed E-state index contributed by atoms with van der Waals surface area (Å²) in [5.74, 6) is 0.978. The molecule has 1 aliphatic heterocycles. The van der Waals surface area contributed by atoms with Gasteiger partial charge in [0.15, 0.2) is 0 Å². The van der Waals surface area contributed by atoms with Crippen molar-refractivity contribution >= 4 is 0 Å². The minimum absolute atomic E-state index is 0. The molecular weight excluding hydrogens is 290 g/mol. The van der Waals surface area contributed by atoms with Crippen molar-refractivity contribution < 1.29 is 17.3 Å². The molecule has 2 heteroatoms. The summed E-state index contributed by atoms with van der Waals surface area (Å²) in [7, 11) is 0. The Morgan fingerprint density at radius 1 is 0.773 bits per heavy atom. The number of likely N-dealkylation sites (tertiary alicyclic amines) is 1. The second kappa shape index (κ2) is 16.1. The molecule has 1 aliphatic rings. The van der Waals surface area contributed by atoms with Crippen LogP contribution in [0.25, 0.3) is 0 Å². The Hall–Kier alpha value is 0.250. The summed E-state index contributed by atoms with van der Waals surface area (Å²) in [5, 5.41) is 0. The maximum absolute atomic E-state index is 2.43. The van der Waals surface area contributed by atoms with E-state index in [0.717, 1.165) is 5.92 Å². The summed E-state index contributed by atoms with van der Waals surface area (Å²) in [6.07, 6.45) is 20.6. The van der Waals surface area contributed by atoms with Crippen LogP contribution in [0.1, 0.15) is 104 Å². The van der Waals surface area contributed by atoms with Gasteiger partial charge in [-0.05, 0) is 25.7 Å². The highest BCUT2D eigenvalue weighted by atomic mass is 35.5. The Morgan fingerprint density at radius 3 is 1.77 bits per heavy atom. The lowest BCUT2D eigenvalue weighted by Gasteiger charge is -2.27. The monoisotopic (exact) mass is 331 g/mol. The molecule has 1 saturated heterocycles. The zero-order valence-corrected chi connectivity index (χ0v) is 16.2. The molecule has 0 aromatic rings. The average molecular weight is 332 g/mol. The van der Waals surface area contributed by atoms with E-state index < -0.39 is 0 Å². The highest BCUT2D eigenvalue weighted by Gasteiger charge is 2.18. The predicted molar refractivity (Wildman–Crippen MR) is 95.0 cm³/mol. The second-order valence-electron chi connectivity index (χ2n) is 7.59. The number of rotatable bonds is 13. The smallest absolute Gasteiger partial charge is 0.0796 e. The molecule has 134 valence electrons. The molecule has 1 N–H and O–H groups in total. The third kappa shape index (κ3) is 12.8. The van der Waals surface area contributed by atoms with Crippen LogP contribution in [0.2, 0.25) is 0 Å². The molecule has 0 bridgehead atoms. The third-order valence-corrected chi connectivity index (χ3v) is 5.25. The predicted octanol–water partition coefficient (Wildman–Crippen LogP) is 2.01. The summed E-state index contributed by atoms with van der Waals surface area (Å²) in [5.41, 5.74) is 0. The fourth-order valence-electron chi connectivity index (χ4n) is 3.84. The van der Waals surface area contributed by atoms with E-state index in [2.05, 4.69) is 13.8 Å². The van der Waals surface area contributed by atoms with Gasteiger partial charge in [-0.1, -0.05) is 78.1 Å². The molecule has 0 amide bonds. The maximum atomic E-state index is 2.43. The van der Waals surface area contributed by atoms with Gasteiger partial charge < -0.3 is 17.3 Å². The van der Waals surface area contributed by atoms with Gasteiger partial charge in [-0.25, -0.2) is 0 Å². The molecule has 0 aromatic carbocycles. The van der Waals surface area contributed by atoms with E-state index in [9.17, 15) is 0 Å². The Bertz CT molecular complexity index is 220. The number of hydrogen-bond acceptors (Lipinski definition) is 0. The molecule has 0 radical (unpaired) electrons. The lowest BCUT2D eigenvalue weighted by Crippen LogP contribution is -3.13. The van der Waals surface area contributed by atoms with Crippen molar-refractivity contribution in [2.45, 2.75) is 104 Å². The third-order valence-electron chi connectivity index (χ3n) is 5.25. The fraction of sp³-hybridized carbons (Fsp3) is 1.00. The van der Waals surface area contributed by atoms with Crippen molar-refractivity contribution in [2.75, 3.05) is 19.6 Å². The van der Waals surface area contributed by atoms with E-state index in [1.54, 1.807) is 0 Å². The van der Waals surface area contributed by atoms with Crippen LogP contribution in [-0.4, -0.2) is 19.6 Å². The average Bonchev–Trinajstić information content (AvgIpc) is 2.48. The van der Waals surface area contributed by atoms with E-state index in [1.165, 1.54) is 110 Å². The van der Waals surface area contributed by atoms with Crippen LogP contribution in [0.4, 0.5) is 0 Å². The first-order valence-electron chi connectivity index (χ1n) is 10.2. The maximum Gasteiger partial charge on any atom is 0.0796 e. The Balaban J connectivity index is 0.00000441. The van der Waals surface area contributed by atoms with Gasteiger partial charge in [0.25, 0.3) is 0 Å². The Kier molecular flexibility index (Phi) is 16.3. The highest BCUT2D eigenvalue weighted by Crippen LogP contribution is 2.11. The van der Waals surface area contributed by atoms with Gasteiger partial charge in [0, 0.05) is 5.92 Å². The molecule has 1 fully saturated rings. The number of quaternary nitrogens is 1. The van der Waals surface area contributed by atoms with Crippen molar-refractivity contribution in [3.63, 3.8) is 0 Å². The summed E-state index contributed by atoms with van der Waals surface area (Å²) < 4.78 is 0. The molecule has 1 heterocycles. The summed E-state index contributed by atoms with van der Waals surface area (Å²) in [4.78, 5) is 1.89. The van der Waals surface area contributed by atoms with Crippen molar-refractivity contribution in [1.29, 1.82) is 0 Å². The van der Waals surface area contributed by atoms with Crippen molar-refractivity contribution in [1.82, 2.24) is 0 Å². The Labute approximate surface area is 147 Å². The van der Waals surface area contributed by atoms with Gasteiger partial charge in [0.1, 0.15) is 0 Å². The number of piperidine rings is 1. The fourth-order valence-corrected chi connectivity index (χ4v) is 3.84. The first-order chi connectivity index (χ1) is 10.3. The SMILES string of the molecule is CCCCCCCCCCCCCC[NH+]1CCCC(C)C1.[Cl-]. The van der Waals surface area contributed by atoms with Crippen LogP contribution in [0, 0.1) is 5.92 Å². The molecule has 0 spiro atoms. The first kappa shape index (κ1) is 22.2. The van der Waals surface area contributed by atoms with Crippen LogP contribution in [0.3, 0.4) is 0 Å². The number of halogens is 1. The van der Waals surface area contributed by atoms with Gasteiger partial charge in [-0.3, -0.25) is 0 Å². The van der Waals surface area contributed by atoms with E-state index in [4.69, 9.17) is 0 Å². The minimum atomic E-state index is 0. The standard InChI is InChI=1S/C20H41N.ClH/c1-3-4-5-6-7-8-9-10-11-12-13-14-17-21-18-15-16-20(2)19-21;/h20H,3-19H2,1-2H3;1H. The molecule has 2 unspecified atom stereocenters. The van der Waals surface area contributed by atoms with Crippen LogP contribution in [-0.2, 0) is 0 Å². The van der Waals surface area contributed by atoms with Crippen molar-refractivity contribution in [3.8, 4) is 0 Å². The molecule has 1 rings (SSSR count). The number of nitrogens with one attached hydrogen (secondary N) is 1. The van der Waals surface area contributed by atoms with Gasteiger partial charge in [0.05, 0.1) is 19.6 Å². The molecule has 22 heavy (non-hydrogen) atoms. The normalized spacial score (nSPS) is 21.5. The summed E-state index contributed by atoms with van der Waals surface area (Å²) in [6.45, 7) is 9.07. The zero-order chi connectivity index (χ0) is 15.2. The van der Waals surface area contributed by atoms with Crippen molar-refractivity contribution in [2.24, 2.45) is 5.92 Å². The van der Waals surface area contributed by atoms with E-state index in [1.807, 2.05) is 4.90 Å². The largest absolute Gasteiger partial charge is 1.00 e. The topological polar surface area (TPSA) is 4.44 Å². The molecule has 0 saturated carbocycles. The number of unbranched alkanes of at least 4 members (excludes halogenated alkanes) is 11. The van der Waals surface area contributed by atoms with E-state index >= 15 is 0 Å². The number of hydrogen-bond donors (Lipinski definition) is 1. The Morgan fingerprint density at radius 2 is 1.27 bits per heavy atom. The van der Waals surface area contributed by atoms with E-state index in [0.29, 0.717) is 0 Å². The van der Waals surface area contributed by atoms with Crippen LogP contribution in [0.15, 0.2) is 0 Å². The lowest BCUT2D eigenvalue weighted by molar-refractivity contribution is -0.908. The molecule has 1 nitrogen and oxygen atoms in total. The van der Waals surface area contributed by atoms with Gasteiger partial charge in [0.2, 0.25) is 0 Å². The summed E-state index contributed by atoms with van der Waals surface area (Å²) >= 11 is 0. The van der Waals surface area contributed by atoms with Gasteiger partial charge in [-0.15, -0.1) is 0 Å². The minimum Gasteiger partial charge on any atom is -1.00 e. The molecule has 2 atom stereocenters. The van der Waals surface area contributed by atoms with Crippen molar-refractivity contribution in [3.05, 3.63) is 0 Å². The van der Waals surface area contributed by atoms with Gasteiger partial charge >= 0.3 is 0 Å².